The van der Waals surface area contributed by atoms with E-state index in [1.165, 1.54) is 5.56 Å². The molecule has 20 heavy (non-hydrogen) atoms. The van der Waals surface area contributed by atoms with Gasteiger partial charge < -0.3 is 10.6 Å². The number of nitrogens with zero attached hydrogens (tertiary/aromatic N) is 2. The van der Waals surface area contributed by atoms with Crippen LogP contribution < -0.4 is 5.73 Å². The fourth-order valence-electron chi connectivity index (χ4n) is 2.55. The molecule has 2 heterocycles. The third-order valence-electron chi connectivity index (χ3n) is 3.86. The molecule has 2 rings (SSSR count). The highest BCUT2D eigenvalue weighted by Crippen LogP contribution is 2.12. The van der Waals surface area contributed by atoms with Crippen LogP contribution >= 0.6 is 11.3 Å². The number of carbonyl (C=O) groups is 1. The van der Waals surface area contributed by atoms with Crippen molar-refractivity contribution in [2.24, 2.45) is 5.73 Å². The first-order valence-corrected chi connectivity index (χ1v) is 8.42. The molecule has 1 fully saturated rings. The van der Waals surface area contributed by atoms with Crippen LogP contribution in [0.5, 0.6) is 0 Å². The van der Waals surface area contributed by atoms with Gasteiger partial charge in [-0.1, -0.05) is 19.8 Å². The van der Waals surface area contributed by atoms with Crippen LogP contribution in [0.3, 0.4) is 0 Å². The fourth-order valence-corrected chi connectivity index (χ4v) is 3.21. The lowest BCUT2D eigenvalue weighted by Gasteiger charge is -2.35. The van der Waals surface area contributed by atoms with Crippen molar-refractivity contribution < 1.29 is 4.79 Å². The van der Waals surface area contributed by atoms with E-state index < -0.39 is 0 Å². The maximum atomic E-state index is 12.2. The van der Waals surface area contributed by atoms with Crippen LogP contribution in [-0.2, 0) is 11.3 Å². The molecule has 1 saturated heterocycles. The first-order valence-electron chi connectivity index (χ1n) is 7.48. The average molecular weight is 295 g/mol. The van der Waals surface area contributed by atoms with Crippen LogP contribution in [0.4, 0.5) is 0 Å². The Balaban J connectivity index is 1.74. The zero-order valence-electron chi connectivity index (χ0n) is 12.3. The summed E-state index contributed by atoms with van der Waals surface area (Å²) in [6, 6.07) is 1.86. The number of unbranched alkanes of at least 4 members (excludes halogenated alkanes) is 1. The van der Waals surface area contributed by atoms with E-state index >= 15 is 0 Å². The van der Waals surface area contributed by atoms with Crippen molar-refractivity contribution in [3.05, 3.63) is 22.4 Å². The molecule has 4 nitrogen and oxygen atoms in total. The molecule has 1 aliphatic heterocycles. The van der Waals surface area contributed by atoms with Crippen molar-refractivity contribution in [3.8, 4) is 0 Å². The van der Waals surface area contributed by atoms with Crippen LogP contribution in [0.25, 0.3) is 0 Å². The maximum absolute atomic E-state index is 12.2. The third kappa shape index (κ3) is 4.30. The molecule has 1 aromatic rings. The number of piperazine rings is 1. The van der Waals surface area contributed by atoms with Crippen LogP contribution in [0.1, 0.15) is 31.7 Å². The number of hydrogen-bond acceptors (Lipinski definition) is 4. The highest BCUT2D eigenvalue weighted by atomic mass is 32.1. The first kappa shape index (κ1) is 15.5. The highest BCUT2D eigenvalue weighted by Gasteiger charge is 2.24. The van der Waals surface area contributed by atoms with Crippen molar-refractivity contribution in [1.29, 1.82) is 0 Å². The van der Waals surface area contributed by atoms with E-state index in [1.807, 2.05) is 4.90 Å². The Morgan fingerprint density at radius 3 is 2.75 bits per heavy atom. The van der Waals surface area contributed by atoms with E-state index in [-0.39, 0.29) is 11.9 Å². The highest BCUT2D eigenvalue weighted by molar-refractivity contribution is 7.07. The predicted octanol–water partition coefficient (Wildman–Crippen LogP) is 1.91. The molecule has 0 radical (unpaired) electrons. The molecular weight excluding hydrogens is 270 g/mol. The van der Waals surface area contributed by atoms with Gasteiger partial charge in [-0.15, -0.1) is 0 Å². The van der Waals surface area contributed by atoms with Crippen LogP contribution in [0.2, 0.25) is 0 Å². The Bertz CT molecular complexity index is 399. The van der Waals surface area contributed by atoms with Crippen molar-refractivity contribution in [3.63, 3.8) is 0 Å². The van der Waals surface area contributed by atoms with Crippen molar-refractivity contribution >= 4 is 17.2 Å². The summed E-state index contributed by atoms with van der Waals surface area (Å²) in [7, 11) is 0. The lowest BCUT2D eigenvalue weighted by atomic mass is 10.1. The molecule has 1 amide bonds. The van der Waals surface area contributed by atoms with Gasteiger partial charge in [0.25, 0.3) is 0 Å². The summed E-state index contributed by atoms with van der Waals surface area (Å²) in [6.45, 7) is 6.63. The second kappa shape index (κ2) is 7.76. The van der Waals surface area contributed by atoms with E-state index in [2.05, 4.69) is 28.7 Å². The summed E-state index contributed by atoms with van der Waals surface area (Å²) in [5.74, 6) is 0.133. The number of thiophene rings is 1. The summed E-state index contributed by atoms with van der Waals surface area (Å²) < 4.78 is 0. The van der Waals surface area contributed by atoms with Gasteiger partial charge in [0.2, 0.25) is 5.91 Å². The Morgan fingerprint density at radius 2 is 2.15 bits per heavy atom. The van der Waals surface area contributed by atoms with Gasteiger partial charge >= 0.3 is 0 Å². The predicted molar refractivity (Wildman–Crippen MR) is 83.7 cm³/mol. The quantitative estimate of drug-likeness (QED) is 0.872. The minimum absolute atomic E-state index is 0.133. The average Bonchev–Trinajstić information content (AvgIpc) is 2.97. The minimum Gasteiger partial charge on any atom is -0.339 e. The zero-order chi connectivity index (χ0) is 14.4. The fraction of sp³-hybridized carbons (Fsp3) is 0.667. The molecule has 0 spiro atoms. The number of hydrogen-bond donors (Lipinski definition) is 1. The number of rotatable bonds is 6. The van der Waals surface area contributed by atoms with Crippen molar-refractivity contribution in [1.82, 2.24) is 9.80 Å². The third-order valence-corrected chi connectivity index (χ3v) is 4.59. The van der Waals surface area contributed by atoms with E-state index in [4.69, 9.17) is 5.73 Å². The molecule has 0 aliphatic carbocycles. The molecule has 0 aromatic carbocycles. The largest absolute Gasteiger partial charge is 0.339 e. The Hall–Kier alpha value is -0.910. The van der Waals surface area contributed by atoms with Crippen LogP contribution in [-0.4, -0.2) is 47.9 Å². The summed E-state index contributed by atoms with van der Waals surface area (Å²) in [4.78, 5) is 16.6. The summed E-state index contributed by atoms with van der Waals surface area (Å²) in [6.07, 6.45) is 2.94. The second-order valence-corrected chi connectivity index (χ2v) is 6.26. The number of nitrogens with two attached hydrogens (primary N) is 1. The molecule has 5 heteroatoms. The Labute approximate surface area is 125 Å². The van der Waals surface area contributed by atoms with Gasteiger partial charge in [-0.25, -0.2) is 0 Å². The molecule has 1 unspecified atom stereocenters. The zero-order valence-corrected chi connectivity index (χ0v) is 13.1. The van der Waals surface area contributed by atoms with Gasteiger partial charge in [-0.05, 0) is 28.8 Å². The molecule has 1 atom stereocenters. The summed E-state index contributed by atoms with van der Waals surface area (Å²) in [5.41, 5.74) is 7.34. The normalized spacial score (nSPS) is 18.2. The van der Waals surface area contributed by atoms with E-state index in [0.29, 0.717) is 0 Å². The second-order valence-electron chi connectivity index (χ2n) is 5.48. The van der Waals surface area contributed by atoms with E-state index in [0.717, 1.165) is 52.0 Å². The molecular formula is C15H25N3OS. The molecule has 1 aliphatic rings. The molecule has 2 N–H and O–H groups in total. The molecule has 0 saturated carbocycles. The topological polar surface area (TPSA) is 49.6 Å². The van der Waals surface area contributed by atoms with E-state index in [9.17, 15) is 4.79 Å². The number of amides is 1. The molecule has 1 aromatic heterocycles. The molecule has 112 valence electrons. The van der Waals surface area contributed by atoms with Gasteiger partial charge in [0.1, 0.15) is 0 Å². The van der Waals surface area contributed by atoms with Gasteiger partial charge in [0, 0.05) is 32.7 Å². The van der Waals surface area contributed by atoms with E-state index in [1.54, 1.807) is 11.3 Å². The van der Waals surface area contributed by atoms with Gasteiger partial charge in [0.15, 0.2) is 0 Å². The van der Waals surface area contributed by atoms with Crippen molar-refractivity contribution in [2.75, 3.05) is 26.2 Å². The Morgan fingerprint density at radius 1 is 1.40 bits per heavy atom. The summed E-state index contributed by atoms with van der Waals surface area (Å²) in [5, 5.41) is 4.31. The monoisotopic (exact) mass is 295 g/mol. The maximum Gasteiger partial charge on any atom is 0.239 e. The Kier molecular flexibility index (Phi) is 6.01. The van der Waals surface area contributed by atoms with Gasteiger partial charge in [-0.3, -0.25) is 9.69 Å². The summed E-state index contributed by atoms with van der Waals surface area (Å²) >= 11 is 1.74. The van der Waals surface area contributed by atoms with Crippen molar-refractivity contribution in [2.45, 2.75) is 38.8 Å². The lowest BCUT2D eigenvalue weighted by Crippen LogP contribution is -2.52. The van der Waals surface area contributed by atoms with Gasteiger partial charge in [0.05, 0.1) is 6.04 Å². The molecule has 0 bridgehead atoms. The number of carbonyl (C=O) groups excluding carboxylic acids is 1. The SMILES string of the molecule is CCCCC(N)C(=O)N1CCN(Cc2ccsc2)CC1. The van der Waals surface area contributed by atoms with Gasteiger partial charge in [-0.2, -0.15) is 11.3 Å². The standard InChI is InChI=1S/C15H25N3OS/c1-2-3-4-14(16)15(19)18-8-6-17(7-9-18)11-13-5-10-20-12-13/h5,10,12,14H,2-4,6-9,11,16H2,1H3. The smallest absolute Gasteiger partial charge is 0.239 e. The first-order chi connectivity index (χ1) is 9.70. The van der Waals surface area contributed by atoms with Crippen LogP contribution in [0, 0.1) is 0 Å². The lowest BCUT2D eigenvalue weighted by molar-refractivity contribution is -0.134. The van der Waals surface area contributed by atoms with Crippen LogP contribution in [0.15, 0.2) is 16.8 Å². The minimum atomic E-state index is -0.307.